The highest BCUT2D eigenvalue weighted by molar-refractivity contribution is 5.92. The molecule has 2 saturated heterocycles. The molecule has 0 aliphatic carbocycles. The van der Waals surface area contributed by atoms with Gasteiger partial charge < -0.3 is 19.7 Å². The van der Waals surface area contributed by atoms with Crippen LogP contribution in [0.3, 0.4) is 0 Å². The van der Waals surface area contributed by atoms with Crippen molar-refractivity contribution in [1.82, 2.24) is 15.1 Å². The molecule has 1 N–H and O–H groups in total. The summed E-state index contributed by atoms with van der Waals surface area (Å²) in [6, 6.07) is 9.62. The Morgan fingerprint density at radius 2 is 1.78 bits per heavy atom. The van der Waals surface area contributed by atoms with E-state index in [1.807, 2.05) is 6.07 Å². The molecule has 0 saturated carbocycles. The fourth-order valence-electron chi connectivity index (χ4n) is 3.48. The Labute approximate surface area is 158 Å². The summed E-state index contributed by atoms with van der Waals surface area (Å²) in [6.07, 6.45) is 1.39. The monoisotopic (exact) mass is 368 g/mol. The third-order valence-electron chi connectivity index (χ3n) is 5.29. The normalized spacial score (nSPS) is 18.7. The van der Waals surface area contributed by atoms with Crippen LogP contribution in [0.5, 0.6) is 0 Å². The quantitative estimate of drug-likeness (QED) is 0.898. The van der Waals surface area contributed by atoms with E-state index in [0.29, 0.717) is 50.7 Å². The molecule has 2 aromatic rings. The number of hydrogen-bond donors (Lipinski definition) is 1. The van der Waals surface area contributed by atoms with Crippen molar-refractivity contribution in [1.29, 1.82) is 0 Å². The second kappa shape index (κ2) is 7.25. The maximum absolute atomic E-state index is 12.7. The minimum absolute atomic E-state index is 0.104. The third kappa shape index (κ3) is 3.79. The highest BCUT2D eigenvalue weighted by Gasteiger charge is 2.41. The number of nitrogens with one attached hydrogen (secondary N) is 1. The number of anilines is 2. The van der Waals surface area contributed by atoms with Crippen LogP contribution in [0.25, 0.3) is 0 Å². The lowest BCUT2D eigenvalue weighted by Crippen LogP contribution is -2.47. The number of nitrogens with zero attached hydrogens (tertiary/aromatic N) is 3. The molecule has 3 heterocycles. The summed E-state index contributed by atoms with van der Waals surface area (Å²) in [5, 5.41) is 11.5. The van der Waals surface area contributed by atoms with Gasteiger partial charge in [-0.2, -0.15) is 0 Å². The number of ether oxygens (including phenoxy) is 2. The number of aromatic nitrogens is 2. The largest absolute Gasteiger partial charge is 0.347 e. The Kier molecular flexibility index (Phi) is 4.80. The molecular formula is C20H24N4O3. The first-order valence-electron chi connectivity index (χ1n) is 9.30. The summed E-state index contributed by atoms with van der Waals surface area (Å²) >= 11 is 0. The summed E-state index contributed by atoms with van der Waals surface area (Å²) in [6.45, 7) is 6.61. The van der Waals surface area contributed by atoms with Crippen molar-refractivity contribution < 1.29 is 14.3 Å². The lowest BCUT2D eigenvalue weighted by molar-refractivity contribution is -0.181. The highest BCUT2D eigenvalue weighted by atomic mass is 16.7. The maximum atomic E-state index is 12.7. The standard InChI is InChI=1S/C20H24N4O3/c1-14-3-4-16(13-15(14)2)21-18-6-5-17(22-23-18)19(25)24-9-7-20(8-10-24)26-11-12-27-20/h3-6,13H,7-12H2,1-2H3,(H,21,23). The lowest BCUT2D eigenvalue weighted by Gasteiger charge is -2.37. The second-order valence-corrected chi connectivity index (χ2v) is 7.13. The molecular weight excluding hydrogens is 344 g/mol. The minimum Gasteiger partial charge on any atom is -0.347 e. The van der Waals surface area contributed by atoms with E-state index in [1.165, 1.54) is 11.1 Å². The molecule has 7 nitrogen and oxygen atoms in total. The van der Waals surface area contributed by atoms with Crippen LogP contribution in [0.15, 0.2) is 30.3 Å². The number of amides is 1. The summed E-state index contributed by atoms with van der Waals surface area (Å²) in [5.41, 5.74) is 3.75. The molecule has 27 heavy (non-hydrogen) atoms. The van der Waals surface area contributed by atoms with Crippen LogP contribution in [0.4, 0.5) is 11.5 Å². The topological polar surface area (TPSA) is 76.6 Å². The molecule has 2 aliphatic rings. The van der Waals surface area contributed by atoms with E-state index in [2.05, 4.69) is 41.5 Å². The Balaban J connectivity index is 1.38. The van der Waals surface area contributed by atoms with Crippen molar-refractivity contribution in [2.75, 3.05) is 31.6 Å². The van der Waals surface area contributed by atoms with E-state index in [0.717, 1.165) is 5.69 Å². The molecule has 0 unspecified atom stereocenters. The number of piperidine rings is 1. The first-order valence-corrected chi connectivity index (χ1v) is 9.30. The average molecular weight is 368 g/mol. The van der Waals surface area contributed by atoms with Crippen LogP contribution >= 0.6 is 0 Å². The van der Waals surface area contributed by atoms with Gasteiger partial charge in [0.1, 0.15) is 0 Å². The van der Waals surface area contributed by atoms with Crippen molar-refractivity contribution in [2.24, 2.45) is 0 Å². The lowest BCUT2D eigenvalue weighted by atomic mass is 10.0. The molecule has 1 amide bonds. The predicted octanol–water partition coefficient (Wildman–Crippen LogP) is 2.82. The van der Waals surface area contributed by atoms with Crippen LogP contribution in [0, 0.1) is 13.8 Å². The molecule has 0 radical (unpaired) electrons. The number of carbonyl (C=O) groups is 1. The van der Waals surface area contributed by atoms with E-state index in [1.54, 1.807) is 17.0 Å². The van der Waals surface area contributed by atoms with Crippen LogP contribution in [-0.4, -0.2) is 53.1 Å². The summed E-state index contributed by atoms with van der Waals surface area (Å²) in [7, 11) is 0. The number of aryl methyl sites for hydroxylation is 2. The third-order valence-corrected chi connectivity index (χ3v) is 5.29. The van der Waals surface area contributed by atoms with Gasteiger partial charge >= 0.3 is 0 Å². The van der Waals surface area contributed by atoms with Gasteiger partial charge in [0, 0.05) is 31.6 Å². The van der Waals surface area contributed by atoms with E-state index in [9.17, 15) is 4.79 Å². The zero-order chi connectivity index (χ0) is 18.9. The average Bonchev–Trinajstić information content (AvgIpc) is 3.13. The maximum Gasteiger partial charge on any atom is 0.274 e. The fraction of sp³-hybridized carbons (Fsp3) is 0.450. The molecule has 0 atom stereocenters. The second-order valence-electron chi connectivity index (χ2n) is 7.13. The van der Waals surface area contributed by atoms with Crippen molar-refractivity contribution in [3.63, 3.8) is 0 Å². The molecule has 2 fully saturated rings. The molecule has 4 rings (SSSR count). The van der Waals surface area contributed by atoms with E-state index >= 15 is 0 Å². The van der Waals surface area contributed by atoms with Crippen molar-refractivity contribution in [3.8, 4) is 0 Å². The number of hydrogen-bond acceptors (Lipinski definition) is 6. The van der Waals surface area contributed by atoms with Gasteiger partial charge in [0.2, 0.25) is 0 Å². The van der Waals surface area contributed by atoms with Gasteiger partial charge in [0.25, 0.3) is 5.91 Å². The van der Waals surface area contributed by atoms with Gasteiger partial charge in [-0.15, -0.1) is 10.2 Å². The van der Waals surface area contributed by atoms with Crippen molar-refractivity contribution >= 4 is 17.4 Å². The smallest absolute Gasteiger partial charge is 0.274 e. The van der Waals surface area contributed by atoms with Gasteiger partial charge in [-0.1, -0.05) is 6.07 Å². The first-order chi connectivity index (χ1) is 13.0. The van der Waals surface area contributed by atoms with E-state index in [-0.39, 0.29) is 5.91 Å². The Bertz CT molecular complexity index is 822. The van der Waals surface area contributed by atoms with Gasteiger partial charge in [-0.25, -0.2) is 0 Å². The van der Waals surface area contributed by atoms with E-state index < -0.39 is 5.79 Å². The fourth-order valence-corrected chi connectivity index (χ4v) is 3.48. The predicted molar refractivity (Wildman–Crippen MR) is 101 cm³/mol. The highest BCUT2D eigenvalue weighted by Crippen LogP contribution is 2.31. The van der Waals surface area contributed by atoms with Crippen LogP contribution in [-0.2, 0) is 9.47 Å². The minimum atomic E-state index is -0.484. The number of carbonyl (C=O) groups excluding carboxylic acids is 1. The zero-order valence-electron chi connectivity index (χ0n) is 15.7. The van der Waals surface area contributed by atoms with E-state index in [4.69, 9.17) is 9.47 Å². The molecule has 0 bridgehead atoms. The van der Waals surface area contributed by atoms with Gasteiger partial charge in [0.05, 0.1) is 13.2 Å². The Morgan fingerprint density at radius 3 is 2.41 bits per heavy atom. The summed E-state index contributed by atoms with van der Waals surface area (Å²) < 4.78 is 11.4. The molecule has 1 aromatic carbocycles. The molecule has 142 valence electrons. The summed E-state index contributed by atoms with van der Waals surface area (Å²) in [4.78, 5) is 14.5. The first kappa shape index (κ1) is 17.9. The SMILES string of the molecule is Cc1ccc(Nc2ccc(C(=O)N3CCC4(CC3)OCCO4)nn2)cc1C. The van der Waals surface area contributed by atoms with Gasteiger partial charge in [-0.05, 0) is 49.2 Å². The van der Waals surface area contributed by atoms with Gasteiger partial charge in [-0.3, -0.25) is 4.79 Å². The Hall–Kier alpha value is -2.51. The molecule has 1 spiro atoms. The van der Waals surface area contributed by atoms with Crippen molar-refractivity contribution in [2.45, 2.75) is 32.5 Å². The van der Waals surface area contributed by atoms with Crippen molar-refractivity contribution in [3.05, 3.63) is 47.2 Å². The van der Waals surface area contributed by atoms with Crippen LogP contribution in [0.1, 0.15) is 34.5 Å². The summed E-state index contributed by atoms with van der Waals surface area (Å²) in [5.74, 6) is 0.0239. The Morgan fingerprint density at radius 1 is 1.04 bits per heavy atom. The number of rotatable bonds is 3. The number of likely N-dealkylation sites (tertiary alicyclic amines) is 1. The van der Waals surface area contributed by atoms with Crippen LogP contribution in [0.2, 0.25) is 0 Å². The zero-order valence-corrected chi connectivity index (χ0v) is 15.7. The van der Waals surface area contributed by atoms with Crippen LogP contribution < -0.4 is 5.32 Å². The number of benzene rings is 1. The van der Waals surface area contributed by atoms with Gasteiger partial charge in [0.15, 0.2) is 17.3 Å². The molecule has 7 heteroatoms. The molecule has 1 aromatic heterocycles. The molecule has 2 aliphatic heterocycles.